The lowest BCUT2D eigenvalue weighted by Crippen LogP contribution is -2.00. The fourth-order valence-corrected chi connectivity index (χ4v) is 0.593. The molecule has 0 fully saturated rings. The maximum Gasteiger partial charge on any atom is 0.206 e. The van der Waals surface area contributed by atoms with Crippen LogP contribution in [0.4, 0.5) is 22.0 Å². The first-order valence-electron chi connectivity index (χ1n) is 3.12. The van der Waals surface area contributed by atoms with Crippen LogP contribution >= 0.6 is 9.90 Å². The summed E-state index contributed by atoms with van der Waals surface area (Å²) in [4.78, 5) is 0. The van der Waals surface area contributed by atoms with Gasteiger partial charge in [-0.25, -0.2) is 13.2 Å². The molecule has 1 aromatic carbocycles. The minimum atomic E-state index is -2.29. The number of hydrogen-bond acceptors (Lipinski definition) is 2. The molecule has 96 valence electrons. The van der Waals surface area contributed by atoms with Crippen LogP contribution in [0.3, 0.4) is 0 Å². The summed E-state index contributed by atoms with van der Waals surface area (Å²) in [5.74, 6) is -12.9. The summed E-state index contributed by atoms with van der Waals surface area (Å²) >= 11 is 0. The van der Waals surface area contributed by atoms with Crippen molar-refractivity contribution in [2.24, 2.45) is 0 Å². The second-order valence-corrected chi connectivity index (χ2v) is 1.92. The van der Waals surface area contributed by atoms with E-state index in [1.807, 2.05) is 0 Å². The van der Waals surface area contributed by atoms with Crippen molar-refractivity contribution in [3.8, 4) is 5.75 Å². The van der Waals surface area contributed by atoms with Gasteiger partial charge in [-0.15, -0.1) is 0 Å². The number of phenolic OH excluding ortho intramolecular Hbond substituents is 1. The molecule has 4 N–H and O–H groups in total. The van der Waals surface area contributed by atoms with E-state index in [9.17, 15) is 22.0 Å². The number of rotatable bonds is 0. The lowest BCUT2D eigenvalue weighted by molar-refractivity contribution is 0.325. The lowest BCUT2D eigenvalue weighted by atomic mass is 10.3. The third kappa shape index (κ3) is 3.55. The average Bonchev–Trinajstić information content (AvgIpc) is 2.24. The number of halogens is 5. The van der Waals surface area contributed by atoms with E-state index < -0.39 is 34.8 Å². The van der Waals surface area contributed by atoms with Gasteiger partial charge in [-0.1, -0.05) is 0 Å². The molecule has 1 unspecified atom stereocenters. The summed E-state index contributed by atoms with van der Waals surface area (Å²) in [5.41, 5.74) is 0. The van der Waals surface area contributed by atoms with Gasteiger partial charge in [0.2, 0.25) is 29.1 Å². The highest BCUT2D eigenvalue weighted by atomic mass is 31.0. The summed E-state index contributed by atoms with van der Waals surface area (Å²) in [6.07, 6.45) is 0. The summed E-state index contributed by atoms with van der Waals surface area (Å²) < 4.78 is 60.6. The van der Waals surface area contributed by atoms with Gasteiger partial charge in [-0.05, 0) is 0 Å². The third-order valence-electron chi connectivity index (χ3n) is 1.19. The SMILES string of the molecule is CO.O.Oc1c(F)c(F)c(F)c(F)c1F.P. The summed E-state index contributed by atoms with van der Waals surface area (Å²) in [6.45, 7) is 0. The van der Waals surface area contributed by atoms with E-state index in [2.05, 4.69) is 0 Å². The van der Waals surface area contributed by atoms with Gasteiger partial charge in [0.1, 0.15) is 0 Å². The molecule has 0 saturated carbocycles. The molecular formula is C7H10F5O3P. The van der Waals surface area contributed by atoms with E-state index in [1.165, 1.54) is 0 Å². The van der Waals surface area contributed by atoms with Crippen molar-refractivity contribution in [2.45, 2.75) is 0 Å². The number of phenols is 1. The van der Waals surface area contributed by atoms with E-state index >= 15 is 0 Å². The summed E-state index contributed by atoms with van der Waals surface area (Å²) in [5, 5.41) is 15.3. The molecule has 1 atom stereocenters. The molecule has 16 heavy (non-hydrogen) atoms. The maximum absolute atomic E-state index is 12.2. The molecule has 0 aliphatic heterocycles. The lowest BCUT2D eigenvalue weighted by Gasteiger charge is -2.00. The first kappa shape index (κ1) is 20.4. The van der Waals surface area contributed by atoms with Crippen molar-refractivity contribution in [2.75, 3.05) is 7.11 Å². The molecular weight excluding hydrogens is 258 g/mol. The molecule has 0 radical (unpaired) electrons. The quantitative estimate of drug-likeness (QED) is 0.318. The van der Waals surface area contributed by atoms with Crippen LogP contribution in [0.25, 0.3) is 0 Å². The molecule has 0 amide bonds. The molecule has 0 aliphatic carbocycles. The Morgan fingerprint density at radius 3 is 1.12 bits per heavy atom. The van der Waals surface area contributed by atoms with Gasteiger partial charge < -0.3 is 15.7 Å². The highest BCUT2D eigenvalue weighted by molar-refractivity contribution is 6.92. The molecule has 9 heteroatoms. The van der Waals surface area contributed by atoms with Crippen molar-refractivity contribution in [3.63, 3.8) is 0 Å². The van der Waals surface area contributed by atoms with Gasteiger partial charge >= 0.3 is 0 Å². The van der Waals surface area contributed by atoms with E-state index in [4.69, 9.17) is 10.2 Å². The second-order valence-electron chi connectivity index (χ2n) is 1.92. The fraction of sp³-hybridized carbons (Fsp3) is 0.143. The zero-order valence-corrected chi connectivity index (χ0v) is 9.41. The van der Waals surface area contributed by atoms with Crippen LogP contribution in [0.2, 0.25) is 0 Å². The number of aliphatic hydroxyl groups is 1. The van der Waals surface area contributed by atoms with Crippen LogP contribution in [0.5, 0.6) is 5.75 Å². The Morgan fingerprint density at radius 2 is 0.875 bits per heavy atom. The van der Waals surface area contributed by atoms with E-state index in [-0.39, 0.29) is 15.4 Å². The molecule has 0 bridgehead atoms. The monoisotopic (exact) mass is 268 g/mol. The van der Waals surface area contributed by atoms with Gasteiger partial charge in [0.05, 0.1) is 0 Å². The van der Waals surface area contributed by atoms with Crippen molar-refractivity contribution < 1.29 is 37.6 Å². The average molecular weight is 268 g/mol. The first-order chi connectivity index (χ1) is 6.46. The topological polar surface area (TPSA) is 72.0 Å². The number of hydrogen-bond donors (Lipinski definition) is 2. The van der Waals surface area contributed by atoms with Crippen molar-refractivity contribution in [1.82, 2.24) is 0 Å². The molecule has 1 aromatic rings. The van der Waals surface area contributed by atoms with Crippen molar-refractivity contribution in [1.29, 1.82) is 0 Å². The van der Waals surface area contributed by atoms with Crippen LogP contribution in [0, 0.1) is 29.1 Å². The Morgan fingerprint density at radius 1 is 0.688 bits per heavy atom. The van der Waals surface area contributed by atoms with E-state index in [0.29, 0.717) is 0 Å². The predicted octanol–water partition coefficient (Wildman–Crippen LogP) is 0.930. The molecule has 0 heterocycles. The highest BCUT2D eigenvalue weighted by Crippen LogP contribution is 2.27. The van der Waals surface area contributed by atoms with Crippen LogP contribution in [0.1, 0.15) is 0 Å². The van der Waals surface area contributed by atoms with Gasteiger partial charge in [0.25, 0.3) is 0 Å². The number of benzene rings is 1. The zero-order valence-electron chi connectivity index (χ0n) is 7.99. The van der Waals surface area contributed by atoms with Crippen molar-refractivity contribution >= 4 is 9.90 Å². The Kier molecular flexibility index (Phi) is 10.5. The molecule has 0 saturated heterocycles. The van der Waals surface area contributed by atoms with Crippen LogP contribution in [-0.4, -0.2) is 22.8 Å². The van der Waals surface area contributed by atoms with Crippen LogP contribution in [-0.2, 0) is 0 Å². The Hall–Kier alpha value is -0.980. The third-order valence-corrected chi connectivity index (χ3v) is 1.19. The zero-order chi connectivity index (χ0) is 11.5. The van der Waals surface area contributed by atoms with E-state index in [1.54, 1.807) is 0 Å². The molecule has 0 aliphatic rings. The standard InChI is InChI=1S/C6HF5O.CH4O.H2O.H3P/c7-1-2(8)4(10)6(12)5(11)3(1)9;1-2;;/h12H;2H,1H3;1H2;1H3. The smallest absolute Gasteiger partial charge is 0.206 e. The van der Waals surface area contributed by atoms with Crippen LogP contribution < -0.4 is 0 Å². The Balaban J connectivity index is -0.000000399. The first-order valence-corrected chi connectivity index (χ1v) is 3.12. The van der Waals surface area contributed by atoms with E-state index in [0.717, 1.165) is 7.11 Å². The van der Waals surface area contributed by atoms with Gasteiger partial charge in [0.15, 0.2) is 5.75 Å². The summed E-state index contributed by atoms with van der Waals surface area (Å²) in [6, 6.07) is 0. The molecule has 3 nitrogen and oxygen atoms in total. The number of aromatic hydroxyl groups is 1. The molecule has 0 spiro atoms. The van der Waals surface area contributed by atoms with Gasteiger partial charge in [-0.2, -0.15) is 18.7 Å². The van der Waals surface area contributed by atoms with Crippen molar-refractivity contribution in [3.05, 3.63) is 29.1 Å². The largest absolute Gasteiger partial charge is 0.503 e. The second kappa shape index (κ2) is 8.20. The minimum Gasteiger partial charge on any atom is -0.503 e. The van der Waals surface area contributed by atoms with Gasteiger partial charge in [-0.3, -0.25) is 0 Å². The summed E-state index contributed by atoms with van der Waals surface area (Å²) in [7, 11) is 1.00. The van der Waals surface area contributed by atoms with Crippen LogP contribution in [0.15, 0.2) is 0 Å². The normalized spacial score (nSPS) is 8.19. The molecule has 0 aromatic heterocycles. The van der Waals surface area contributed by atoms with Gasteiger partial charge in [0, 0.05) is 7.11 Å². The highest BCUT2D eigenvalue weighted by Gasteiger charge is 2.24. The minimum absolute atomic E-state index is 0. The molecule has 1 rings (SSSR count). The fourth-order valence-electron chi connectivity index (χ4n) is 0.593. The Bertz CT molecular complexity index is 242. The maximum atomic E-state index is 12.2. The Labute approximate surface area is 90.4 Å². The predicted molar refractivity (Wildman–Crippen MR) is 50.8 cm³/mol. The number of aliphatic hydroxyl groups excluding tert-OH is 1.